The summed E-state index contributed by atoms with van der Waals surface area (Å²) in [6, 6.07) is -0.433. The number of hydrogen-bond acceptors (Lipinski definition) is 4. The third-order valence-electron chi connectivity index (χ3n) is 2.56. The first kappa shape index (κ1) is 15.2. The van der Waals surface area contributed by atoms with Crippen LogP contribution >= 0.6 is 0 Å². The van der Waals surface area contributed by atoms with E-state index in [0.717, 1.165) is 6.42 Å². The van der Waals surface area contributed by atoms with E-state index in [9.17, 15) is 9.59 Å². The van der Waals surface area contributed by atoms with Crippen LogP contribution in [0.2, 0.25) is 0 Å². The number of amides is 1. The highest BCUT2D eigenvalue weighted by Gasteiger charge is 2.15. The first-order chi connectivity index (χ1) is 8.95. The Morgan fingerprint density at radius 3 is 2.68 bits per heavy atom. The molecule has 1 heterocycles. The summed E-state index contributed by atoms with van der Waals surface area (Å²) in [5.74, 6) is 0.0597. The summed E-state index contributed by atoms with van der Waals surface area (Å²) in [6.07, 6.45) is 4.08. The fourth-order valence-corrected chi connectivity index (χ4v) is 1.64. The number of aromatic nitrogens is 2. The van der Waals surface area contributed by atoms with Crippen molar-refractivity contribution in [3.8, 4) is 0 Å². The molecule has 0 aliphatic heterocycles. The Labute approximate surface area is 113 Å². The van der Waals surface area contributed by atoms with E-state index in [1.54, 1.807) is 23.9 Å². The lowest BCUT2D eigenvalue weighted by molar-refractivity contribution is -0.122. The maximum Gasteiger partial charge on any atom is 0.293 e. The van der Waals surface area contributed by atoms with Gasteiger partial charge in [-0.2, -0.15) is 0 Å². The Kier molecular flexibility index (Phi) is 5.54. The van der Waals surface area contributed by atoms with Gasteiger partial charge < -0.3 is 15.2 Å². The van der Waals surface area contributed by atoms with Gasteiger partial charge in [-0.25, -0.2) is 4.98 Å². The standard InChI is InChI=1S/C13H22N4O2/c1-5-7-17-8-6-14-11(13(17)19)16-10(4)12(18)15-9(2)3/h6,8-10H,5,7H2,1-4H3,(H,14,16)(H,15,18). The van der Waals surface area contributed by atoms with Gasteiger partial charge in [-0.15, -0.1) is 0 Å². The highest BCUT2D eigenvalue weighted by atomic mass is 16.2. The van der Waals surface area contributed by atoms with E-state index in [1.807, 2.05) is 20.8 Å². The van der Waals surface area contributed by atoms with Crippen LogP contribution in [-0.4, -0.2) is 27.5 Å². The molecule has 1 aromatic heterocycles. The lowest BCUT2D eigenvalue weighted by atomic mass is 10.3. The average molecular weight is 266 g/mol. The molecule has 1 rings (SSSR count). The van der Waals surface area contributed by atoms with Crippen molar-refractivity contribution in [1.82, 2.24) is 14.9 Å². The molecule has 0 fully saturated rings. The second-order valence-electron chi connectivity index (χ2n) is 4.80. The van der Waals surface area contributed by atoms with E-state index in [-0.39, 0.29) is 23.3 Å². The minimum Gasteiger partial charge on any atom is -0.354 e. The van der Waals surface area contributed by atoms with Crippen LogP contribution in [0.3, 0.4) is 0 Å². The van der Waals surface area contributed by atoms with Crippen LogP contribution < -0.4 is 16.2 Å². The Morgan fingerprint density at radius 1 is 1.42 bits per heavy atom. The van der Waals surface area contributed by atoms with Crippen molar-refractivity contribution in [2.45, 2.75) is 52.7 Å². The van der Waals surface area contributed by atoms with Gasteiger partial charge in [-0.3, -0.25) is 9.59 Å². The molecule has 0 saturated carbocycles. The van der Waals surface area contributed by atoms with Crippen LogP contribution in [0.25, 0.3) is 0 Å². The van der Waals surface area contributed by atoms with Crippen LogP contribution in [-0.2, 0) is 11.3 Å². The van der Waals surface area contributed by atoms with Gasteiger partial charge in [-0.05, 0) is 27.2 Å². The van der Waals surface area contributed by atoms with E-state index >= 15 is 0 Å². The SMILES string of the molecule is CCCn1ccnc(NC(C)C(=O)NC(C)C)c1=O. The minimum atomic E-state index is -0.500. The summed E-state index contributed by atoms with van der Waals surface area (Å²) >= 11 is 0. The number of carbonyl (C=O) groups excluding carboxylic acids is 1. The van der Waals surface area contributed by atoms with Crippen LogP contribution in [0.4, 0.5) is 5.82 Å². The Hall–Kier alpha value is -1.85. The van der Waals surface area contributed by atoms with Crippen molar-refractivity contribution in [3.05, 3.63) is 22.7 Å². The summed E-state index contributed by atoms with van der Waals surface area (Å²) in [4.78, 5) is 27.8. The molecule has 0 radical (unpaired) electrons. The number of carbonyl (C=O) groups is 1. The van der Waals surface area contributed by atoms with Gasteiger partial charge in [0, 0.05) is 25.0 Å². The van der Waals surface area contributed by atoms with Crippen molar-refractivity contribution in [1.29, 1.82) is 0 Å². The highest BCUT2D eigenvalue weighted by molar-refractivity contribution is 5.83. The molecule has 1 amide bonds. The third kappa shape index (κ3) is 4.39. The van der Waals surface area contributed by atoms with E-state index < -0.39 is 6.04 Å². The van der Waals surface area contributed by atoms with Crippen LogP contribution in [0.15, 0.2) is 17.2 Å². The maximum absolute atomic E-state index is 12.0. The fourth-order valence-electron chi connectivity index (χ4n) is 1.64. The van der Waals surface area contributed by atoms with Crippen LogP contribution in [0.1, 0.15) is 34.1 Å². The molecule has 19 heavy (non-hydrogen) atoms. The van der Waals surface area contributed by atoms with Gasteiger partial charge in [0.2, 0.25) is 5.91 Å². The van der Waals surface area contributed by atoms with Gasteiger partial charge in [0.05, 0.1) is 0 Å². The van der Waals surface area contributed by atoms with Gasteiger partial charge in [0.15, 0.2) is 5.82 Å². The number of hydrogen-bond donors (Lipinski definition) is 2. The smallest absolute Gasteiger partial charge is 0.293 e. The zero-order chi connectivity index (χ0) is 14.4. The molecule has 2 N–H and O–H groups in total. The quantitative estimate of drug-likeness (QED) is 0.804. The van der Waals surface area contributed by atoms with Crippen molar-refractivity contribution in [2.75, 3.05) is 5.32 Å². The second-order valence-corrected chi connectivity index (χ2v) is 4.80. The zero-order valence-electron chi connectivity index (χ0n) is 11.9. The largest absolute Gasteiger partial charge is 0.354 e. The second kappa shape index (κ2) is 6.92. The number of nitrogens with one attached hydrogen (secondary N) is 2. The fraction of sp³-hybridized carbons (Fsp3) is 0.615. The summed E-state index contributed by atoms with van der Waals surface area (Å²) in [5.41, 5.74) is -0.200. The molecule has 0 aliphatic carbocycles. The number of rotatable bonds is 6. The van der Waals surface area contributed by atoms with Crippen LogP contribution in [0, 0.1) is 0 Å². The average Bonchev–Trinajstić information content (AvgIpc) is 2.33. The molecule has 1 atom stereocenters. The predicted octanol–water partition coefficient (Wildman–Crippen LogP) is 0.978. The molecule has 0 aliphatic rings. The molecule has 1 unspecified atom stereocenters. The molecule has 0 aromatic carbocycles. The molecule has 0 bridgehead atoms. The van der Waals surface area contributed by atoms with E-state index in [1.165, 1.54) is 0 Å². The van der Waals surface area contributed by atoms with Crippen molar-refractivity contribution in [3.63, 3.8) is 0 Å². The highest BCUT2D eigenvalue weighted by Crippen LogP contribution is 1.98. The summed E-state index contributed by atoms with van der Waals surface area (Å²) in [7, 11) is 0. The van der Waals surface area contributed by atoms with Gasteiger partial charge >= 0.3 is 0 Å². The molecule has 0 spiro atoms. The third-order valence-corrected chi connectivity index (χ3v) is 2.56. The van der Waals surface area contributed by atoms with E-state index in [2.05, 4.69) is 15.6 Å². The number of aryl methyl sites for hydroxylation is 1. The Bertz CT molecular complexity index is 482. The summed E-state index contributed by atoms with van der Waals surface area (Å²) in [6.45, 7) is 8.12. The topological polar surface area (TPSA) is 76.0 Å². The first-order valence-corrected chi connectivity index (χ1v) is 6.58. The van der Waals surface area contributed by atoms with Gasteiger partial charge in [0.1, 0.15) is 6.04 Å². The summed E-state index contributed by atoms with van der Waals surface area (Å²) in [5, 5.41) is 5.64. The Balaban J connectivity index is 2.79. The van der Waals surface area contributed by atoms with Crippen LogP contribution in [0.5, 0.6) is 0 Å². The molecular weight excluding hydrogens is 244 g/mol. The van der Waals surface area contributed by atoms with Crippen molar-refractivity contribution < 1.29 is 4.79 Å². The predicted molar refractivity (Wildman–Crippen MR) is 75.2 cm³/mol. The monoisotopic (exact) mass is 266 g/mol. The number of nitrogens with zero attached hydrogens (tertiary/aromatic N) is 2. The molecular formula is C13H22N4O2. The lowest BCUT2D eigenvalue weighted by Gasteiger charge is -2.16. The van der Waals surface area contributed by atoms with Gasteiger partial charge in [-0.1, -0.05) is 6.92 Å². The maximum atomic E-state index is 12.0. The van der Waals surface area contributed by atoms with Crippen molar-refractivity contribution in [2.24, 2.45) is 0 Å². The van der Waals surface area contributed by atoms with Crippen molar-refractivity contribution >= 4 is 11.7 Å². The van der Waals surface area contributed by atoms with E-state index in [4.69, 9.17) is 0 Å². The first-order valence-electron chi connectivity index (χ1n) is 6.58. The number of anilines is 1. The minimum absolute atomic E-state index is 0.0669. The molecule has 6 heteroatoms. The zero-order valence-corrected chi connectivity index (χ0v) is 11.9. The Morgan fingerprint density at radius 2 is 2.11 bits per heavy atom. The molecule has 1 aromatic rings. The normalized spacial score (nSPS) is 12.3. The molecule has 6 nitrogen and oxygen atoms in total. The summed E-state index contributed by atoms with van der Waals surface area (Å²) < 4.78 is 1.59. The molecule has 0 saturated heterocycles. The van der Waals surface area contributed by atoms with E-state index in [0.29, 0.717) is 6.54 Å². The molecule has 106 valence electrons. The lowest BCUT2D eigenvalue weighted by Crippen LogP contribution is -2.42. The van der Waals surface area contributed by atoms with Gasteiger partial charge in [0.25, 0.3) is 5.56 Å².